The zero-order chi connectivity index (χ0) is 19.0. The Balaban J connectivity index is 1.67. The van der Waals surface area contributed by atoms with Crippen molar-refractivity contribution in [1.29, 1.82) is 0 Å². The van der Waals surface area contributed by atoms with Crippen LogP contribution in [0.3, 0.4) is 0 Å². The van der Waals surface area contributed by atoms with Crippen LogP contribution in [0.5, 0.6) is 0 Å². The zero-order valence-corrected chi connectivity index (χ0v) is 16.5. The van der Waals surface area contributed by atoms with Gasteiger partial charge in [0.05, 0.1) is 17.6 Å². The third-order valence-electron chi connectivity index (χ3n) is 4.50. The second-order valence-electron chi connectivity index (χ2n) is 6.40. The molecule has 0 aliphatic heterocycles. The minimum atomic E-state index is -3.50. The van der Waals surface area contributed by atoms with Crippen molar-refractivity contribution in [3.63, 3.8) is 0 Å². The first kappa shape index (κ1) is 21.2. The molecule has 1 saturated carbocycles. The number of hydrogen-bond acceptors (Lipinski definition) is 5. The van der Waals surface area contributed by atoms with E-state index in [1.807, 2.05) is 0 Å². The van der Waals surface area contributed by atoms with Crippen molar-refractivity contribution in [2.45, 2.75) is 50.0 Å². The summed E-state index contributed by atoms with van der Waals surface area (Å²) in [6.07, 6.45) is 4.58. The summed E-state index contributed by atoms with van der Waals surface area (Å²) < 4.78 is 37.5. The Morgan fingerprint density at radius 2 is 1.85 bits per heavy atom. The zero-order valence-electron chi connectivity index (χ0n) is 14.9. The van der Waals surface area contributed by atoms with Crippen LogP contribution in [0.2, 0.25) is 5.02 Å². The van der Waals surface area contributed by atoms with Crippen LogP contribution in [-0.2, 0) is 24.3 Å². The molecule has 1 aromatic rings. The molecule has 1 N–H and O–H groups in total. The number of esters is 1. The average molecular weight is 404 g/mol. The van der Waals surface area contributed by atoms with Gasteiger partial charge < -0.3 is 9.47 Å². The number of carbonyl (C=O) groups is 1. The molecule has 0 saturated heterocycles. The lowest BCUT2D eigenvalue weighted by molar-refractivity contribution is -0.151. The largest absolute Gasteiger partial charge is 0.464 e. The summed E-state index contributed by atoms with van der Waals surface area (Å²) in [5, 5.41) is 0.505. The van der Waals surface area contributed by atoms with Crippen molar-refractivity contribution in [3.05, 3.63) is 29.3 Å². The molecule has 0 unspecified atom stereocenters. The molecule has 0 heterocycles. The van der Waals surface area contributed by atoms with Gasteiger partial charge >= 0.3 is 5.97 Å². The quantitative estimate of drug-likeness (QED) is 0.640. The fourth-order valence-corrected chi connectivity index (χ4v) is 4.24. The Labute approximate surface area is 160 Å². The van der Waals surface area contributed by atoms with Crippen molar-refractivity contribution in [2.24, 2.45) is 5.92 Å². The molecule has 2 rings (SSSR count). The minimum absolute atomic E-state index is 0.00403. The van der Waals surface area contributed by atoms with E-state index in [9.17, 15) is 13.2 Å². The molecule has 1 aliphatic carbocycles. The maximum atomic E-state index is 12.2. The van der Waals surface area contributed by atoms with Gasteiger partial charge in [-0.3, -0.25) is 0 Å². The molecular formula is C18H26ClNO5S. The molecule has 146 valence electrons. The molecular weight excluding hydrogens is 378 g/mol. The van der Waals surface area contributed by atoms with E-state index in [1.165, 1.54) is 12.1 Å². The summed E-state index contributed by atoms with van der Waals surface area (Å²) in [4.78, 5) is 11.5. The molecule has 0 radical (unpaired) electrons. The maximum absolute atomic E-state index is 12.2. The Morgan fingerprint density at radius 3 is 2.46 bits per heavy atom. The van der Waals surface area contributed by atoms with Crippen LogP contribution in [0.25, 0.3) is 0 Å². The first-order valence-electron chi connectivity index (χ1n) is 8.93. The number of nitrogens with one attached hydrogen (secondary N) is 1. The van der Waals surface area contributed by atoms with Crippen molar-refractivity contribution >= 4 is 27.6 Å². The third-order valence-corrected chi connectivity index (χ3v) is 6.23. The van der Waals surface area contributed by atoms with Crippen molar-refractivity contribution < 1.29 is 22.7 Å². The van der Waals surface area contributed by atoms with Gasteiger partial charge in [-0.05, 0) is 69.2 Å². The SMILES string of the molecule is CCOC(=O)COC1CCC(CCNS(=O)(=O)c2ccc(Cl)cc2)CC1. The molecule has 6 nitrogen and oxygen atoms in total. The monoisotopic (exact) mass is 403 g/mol. The summed E-state index contributed by atoms with van der Waals surface area (Å²) in [7, 11) is -3.50. The first-order valence-corrected chi connectivity index (χ1v) is 10.8. The fourth-order valence-electron chi connectivity index (χ4n) is 3.07. The van der Waals surface area contributed by atoms with Gasteiger partial charge in [-0.25, -0.2) is 17.9 Å². The highest BCUT2D eigenvalue weighted by Crippen LogP contribution is 2.28. The predicted octanol–water partition coefficient (Wildman–Crippen LogP) is 3.15. The van der Waals surface area contributed by atoms with Crippen LogP contribution >= 0.6 is 11.6 Å². The molecule has 0 amide bonds. The van der Waals surface area contributed by atoms with Gasteiger partial charge in [-0.1, -0.05) is 11.6 Å². The molecule has 1 fully saturated rings. The van der Waals surface area contributed by atoms with Crippen LogP contribution < -0.4 is 4.72 Å². The lowest BCUT2D eigenvalue weighted by Gasteiger charge is -2.28. The summed E-state index contributed by atoms with van der Waals surface area (Å²) in [6.45, 7) is 2.54. The predicted molar refractivity (Wildman–Crippen MR) is 99.6 cm³/mol. The first-order chi connectivity index (χ1) is 12.4. The molecule has 0 bridgehead atoms. The van der Waals surface area contributed by atoms with Crippen LogP contribution in [0, 0.1) is 5.92 Å². The lowest BCUT2D eigenvalue weighted by Crippen LogP contribution is -2.29. The second kappa shape index (κ2) is 10.3. The van der Waals surface area contributed by atoms with E-state index in [0.717, 1.165) is 32.1 Å². The number of carbonyl (C=O) groups excluding carboxylic acids is 1. The van der Waals surface area contributed by atoms with E-state index in [2.05, 4.69) is 4.72 Å². The number of rotatable bonds is 9. The number of hydrogen-bond donors (Lipinski definition) is 1. The molecule has 1 aromatic carbocycles. The van der Waals surface area contributed by atoms with E-state index in [1.54, 1.807) is 19.1 Å². The van der Waals surface area contributed by atoms with Crippen molar-refractivity contribution in [3.8, 4) is 0 Å². The normalized spacial score (nSPS) is 20.7. The van der Waals surface area contributed by atoms with Crippen LogP contribution in [0.15, 0.2) is 29.2 Å². The van der Waals surface area contributed by atoms with Crippen LogP contribution in [0.4, 0.5) is 0 Å². The Morgan fingerprint density at radius 1 is 1.19 bits per heavy atom. The number of sulfonamides is 1. The van der Waals surface area contributed by atoms with E-state index >= 15 is 0 Å². The standard InChI is InChI=1S/C18H26ClNO5S/c1-2-24-18(21)13-25-16-7-3-14(4-8-16)11-12-20-26(22,23)17-9-5-15(19)6-10-17/h5-6,9-10,14,16,20H,2-4,7-8,11-13H2,1H3. The molecule has 0 spiro atoms. The summed E-state index contributed by atoms with van der Waals surface area (Å²) in [5.74, 6) is 0.136. The Kier molecular flexibility index (Phi) is 8.34. The Hall–Kier alpha value is -1.15. The summed E-state index contributed by atoms with van der Waals surface area (Å²) >= 11 is 5.78. The molecule has 8 heteroatoms. The van der Waals surface area contributed by atoms with Gasteiger partial charge in [0.1, 0.15) is 6.61 Å². The van der Waals surface area contributed by atoms with E-state index in [4.69, 9.17) is 21.1 Å². The van der Waals surface area contributed by atoms with Gasteiger partial charge in [-0.15, -0.1) is 0 Å². The lowest BCUT2D eigenvalue weighted by atomic mass is 9.85. The third kappa shape index (κ3) is 6.87. The number of benzene rings is 1. The highest BCUT2D eigenvalue weighted by atomic mass is 35.5. The molecule has 0 atom stereocenters. The van der Waals surface area contributed by atoms with Crippen molar-refractivity contribution in [1.82, 2.24) is 4.72 Å². The smallest absolute Gasteiger partial charge is 0.332 e. The topological polar surface area (TPSA) is 81.7 Å². The van der Waals surface area contributed by atoms with Gasteiger partial charge in [0.15, 0.2) is 0 Å². The van der Waals surface area contributed by atoms with Gasteiger partial charge in [0.25, 0.3) is 0 Å². The summed E-state index contributed by atoms with van der Waals surface area (Å²) in [5.41, 5.74) is 0. The second-order valence-corrected chi connectivity index (χ2v) is 8.60. The Bertz CT molecular complexity index is 669. The van der Waals surface area contributed by atoms with Gasteiger partial charge in [0, 0.05) is 11.6 Å². The molecule has 26 heavy (non-hydrogen) atoms. The van der Waals surface area contributed by atoms with E-state index in [-0.39, 0.29) is 23.6 Å². The van der Waals surface area contributed by atoms with E-state index in [0.29, 0.717) is 24.1 Å². The minimum Gasteiger partial charge on any atom is -0.464 e. The maximum Gasteiger partial charge on any atom is 0.332 e. The van der Waals surface area contributed by atoms with Gasteiger partial charge in [0.2, 0.25) is 10.0 Å². The summed E-state index contributed by atoms with van der Waals surface area (Å²) in [6, 6.07) is 6.12. The van der Waals surface area contributed by atoms with Crippen LogP contribution in [0.1, 0.15) is 39.0 Å². The fraction of sp³-hybridized carbons (Fsp3) is 0.611. The molecule has 1 aliphatic rings. The highest BCUT2D eigenvalue weighted by Gasteiger charge is 2.23. The van der Waals surface area contributed by atoms with E-state index < -0.39 is 10.0 Å². The van der Waals surface area contributed by atoms with Crippen LogP contribution in [-0.4, -0.2) is 40.2 Å². The number of ether oxygens (including phenoxy) is 2. The average Bonchev–Trinajstić information content (AvgIpc) is 2.61. The van der Waals surface area contributed by atoms with Crippen molar-refractivity contribution in [2.75, 3.05) is 19.8 Å². The number of halogens is 1. The molecule has 0 aromatic heterocycles. The highest BCUT2D eigenvalue weighted by molar-refractivity contribution is 7.89. The van der Waals surface area contributed by atoms with Gasteiger partial charge in [-0.2, -0.15) is 0 Å².